The van der Waals surface area contributed by atoms with Crippen molar-refractivity contribution in [3.8, 4) is 77.9 Å². The molecule has 1 aliphatic rings. The highest BCUT2D eigenvalue weighted by Gasteiger charge is 2.41. The fourth-order valence-corrected chi connectivity index (χ4v) is 11.5. The van der Waals surface area contributed by atoms with E-state index in [1.54, 1.807) is 0 Å². The zero-order valence-corrected chi connectivity index (χ0v) is 37.8. The van der Waals surface area contributed by atoms with Gasteiger partial charge in [0.1, 0.15) is 0 Å². The highest BCUT2D eigenvalue weighted by Crippen LogP contribution is 2.55. The predicted molar refractivity (Wildman–Crippen MR) is 289 cm³/mol. The normalized spacial score (nSPS) is 14.0. The van der Waals surface area contributed by atoms with E-state index in [9.17, 15) is 0 Å². The molecule has 0 radical (unpaired) electrons. The van der Waals surface area contributed by atoms with Gasteiger partial charge >= 0.3 is 0 Å². The van der Waals surface area contributed by atoms with Gasteiger partial charge in [-0.15, -0.1) is 0 Å². The van der Waals surface area contributed by atoms with E-state index in [4.69, 9.17) is 0 Å². The van der Waals surface area contributed by atoms with Crippen molar-refractivity contribution in [1.29, 1.82) is 0 Å². The van der Waals surface area contributed by atoms with E-state index >= 15 is 0 Å². The van der Waals surface area contributed by atoms with Crippen LogP contribution in [0.5, 0.6) is 0 Å². The number of hydrogen-bond acceptors (Lipinski definition) is 0. The monoisotopic (exact) mass is 862 g/mol. The largest absolute Gasteiger partial charge is 0.0622 e. The van der Waals surface area contributed by atoms with E-state index in [-0.39, 0.29) is 5.41 Å². The molecule has 318 valence electrons. The SMILES string of the molecule is CC1(c2cccc(-c3ccccc3)c2)c2ccccc2-c2ccc(-c3c4ccccc4c(-c4ccc(-c5cc(-c6ccccc6)cc(-c6ccccc6)c5)c5ccccc45)c4ccccc34)cc21. The van der Waals surface area contributed by atoms with E-state index in [1.807, 2.05) is 0 Å². The molecule has 12 aromatic carbocycles. The van der Waals surface area contributed by atoms with Crippen molar-refractivity contribution in [2.75, 3.05) is 0 Å². The molecule has 0 aliphatic heterocycles. The molecule has 0 bridgehead atoms. The summed E-state index contributed by atoms with van der Waals surface area (Å²) >= 11 is 0. The van der Waals surface area contributed by atoms with Crippen molar-refractivity contribution in [2.24, 2.45) is 0 Å². The van der Waals surface area contributed by atoms with Gasteiger partial charge in [-0.05, 0) is 164 Å². The third-order valence-corrected chi connectivity index (χ3v) is 14.7. The highest BCUT2D eigenvalue weighted by atomic mass is 14.4. The molecule has 1 unspecified atom stereocenters. The second kappa shape index (κ2) is 16.1. The Hall–Kier alpha value is -8.58. The average molecular weight is 863 g/mol. The summed E-state index contributed by atoms with van der Waals surface area (Å²) in [6.45, 7) is 2.43. The van der Waals surface area contributed by atoms with Crippen LogP contribution in [0, 0.1) is 0 Å². The molecular weight excluding hydrogens is 817 g/mol. The fourth-order valence-electron chi connectivity index (χ4n) is 11.5. The third kappa shape index (κ3) is 6.37. The Bertz CT molecular complexity index is 3780. The summed E-state index contributed by atoms with van der Waals surface area (Å²) in [4.78, 5) is 0. The second-order valence-corrected chi connectivity index (χ2v) is 18.5. The van der Waals surface area contributed by atoms with Crippen LogP contribution >= 0.6 is 0 Å². The van der Waals surface area contributed by atoms with Gasteiger partial charge < -0.3 is 0 Å². The van der Waals surface area contributed by atoms with Crippen LogP contribution < -0.4 is 0 Å². The molecule has 1 atom stereocenters. The molecule has 0 spiro atoms. The van der Waals surface area contributed by atoms with Gasteiger partial charge in [-0.3, -0.25) is 0 Å². The Morgan fingerprint density at radius 1 is 0.221 bits per heavy atom. The zero-order valence-electron chi connectivity index (χ0n) is 37.8. The fraction of sp³-hybridized carbons (Fsp3) is 0.0294. The van der Waals surface area contributed by atoms with Gasteiger partial charge in [0, 0.05) is 5.41 Å². The van der Waals surface area contributed by atoms with Crippen molar-refractivity contribution in [3.63, 3.8) is 0 Å². The average Bonchev–Trinajstić information content (AvgIpc) is 3.68. The van der Waals surface area contributed by atoms with Gasteiger partial charge in [-0.25, -0.2) is 0 Å². The molecule has 0 N–H and O–H groups in total. The maximum atomic E-state index is 2.51. The van der Waals surface area contributed by atoms with Crippen molar-refractivity contribution in [2.45, 2.75) is 12.3 Å². The summed E-state index contributed by atoms with van der Waals surface area (Å²) in [5, 5.41) is 7.47. The molecule has 0 fully saturated rings. The van der Waals surface area contributed by atoms with Gasteiger partial charge in [0.15, 0.2) is 0 Å². The molecule has 1 aliphatic carbocycles. The van der Waals surface area contributed by atoms with Crippen LogP contribution in [0.3, 0.4) is 0 Å². The van der Waals surface area contributed by atoms with Crippen LogP contribution in [0.4, 0.5) is 0 Å². The summed E-state index contributed by atoms with van der Waals surface area (Å²) in [6, 6.07) is 96.7. The topological polar surface area (TPSA) is 0 Å². The van der Waals surface area contributed by atoms with Gasteiger partial charge in [0.2, 0.25) is 0 Å². The molecule has 0 heterocycles. The van der Waals surface area contributed by atoms with Crippen LogP contribution in [0.15, 0.2) is 261 Å². The third-order valence-electron chi connectivity index (χ3n) is 14.7. The van der Waals surface area contributed by atoms with Crippen molar-refractivity contribution >= 4 is 32.3 Å². The van der Waals surface area contributed by atoms with Crippen LogP contribution in [0.2, 0.25) is 0 Å². The zero-order chi connectivity index (χ0) is 45.2. The quantitative estimate of drug-likeness (QED) is 0.140. The minimum atomic E-state index is -0.360. The minimum Gasteiger partial charge on any atom is -0.0622 e. The maximum Gasteiger partial charge on any atom is 0.0435 e. The lowest BCUT2D eigenvalue weighted by atomic mass is 9.73. The molecule has 0 aromatic heterocycles. The lowest BCUT2D eigenvalue weighted by molar-refractivity contribution is 0.714. The first-order valence-electron chi connectivity index (χ1n) is 23.7. The van der Waals surface area contributed by atoms with Crippen LogP contribution in [-0.2, 0) is 5.41 Å². The summed E-state index contributed by atoms with van der Waals surface area (Å²) in [5.74, 6) is 0. The molecule has 13 rings (SSSR count). The number of rotatable bonds is 7. The Morgan fingerprint density at radius 2 is 0.647 bits per heavy atom. The Kier molecular flexibility index (Phi) is 9.41. The molecular formula is C68H46. The van der Waals surface area contributed by atoms with E-state index in [0.29, 0.717) is 0 Å². The first-order valence-corrected chi connectivity index (χ1v) is 23.7. The lowest BCUT2D eigenvalue weighted by Crippen LogP contribution is -2.22. The molecule has 0 amide bonds. The summed E-state index contributed by atoms with van der Waals surface area (Å²) in [5.41, 5.74) is 21.0. The number of benzene rings is 12. The van der Waals surface area contributed by atoms with Gasteiger partial charge in [0.25, 0.3) is 0 Å². The lowest BCUT2D eigenvalue weighted by Gasteiger charge is -2.29. The van der Waals surface area contributed by atoms with Gasteiger partial charge in [-0.1, -0.05) is 231 Å². The number of fused-ring (bicyclic) bond motifs is 6. The number of hydrogen-bond donors (Lipinski definition) is 0. The van der Waals surface area contributed by atoms with Crippen LogP contribution in [-0.4, -0.2) is 0 Å². The first-order chi connectivity index (χ1) is 33.6. The molecule has 12 aromatic rings. The smallest absolute Gasteiger partial charge is 0.0435 e. The summed E-state index contributed by atoms with van der Waals surface area (Å²) in [7, 11) is 0. The Labute approximate surface area is 398 Å². The Morgan fingerprint density at radius 3 is 1.25 bits per heavy atom. The van der Waals surface area contributed by atoms with Crippen molar-refractivity contribution < 1.29 is 0 Å². The van der Waals surface area contributed by atoms with Gasteiger partial charge in [-0.2, -0.15) is 0 Å². The van der Waals surface area contributed by atoms with Crippen molar-refractivity contribution in [3.05, 3.63) is 278 Å². The van der Waals surface area contributed by atoms with Crippen molar-refractivity contribution in [1.82, 2.24) is 0 Å². The molecule has 0 nitrogen and oxygen atoms in total. The van der Waals surface area contributed by atoms with Gasteiger partial charge in [0.05, 0.1) is 0 Å². The van der Waals surface area contributed by atoms with E-state index < -0.39 is 0 Å². The second-order valence-electron chi connectivity index (χ2n) is 18.5. The van der Waals surface area contributed by atoms with Crippen LogP contribution in [0.25, 0.3) is 110 Å². The van der Waals surface area contributed by atoms with E-state index in [2.05, 4.69) is 268 Å². The standard InChI is InChI=1S/C68H46/c1-68(53-27-19-26-48(43-53)45-20-5-2-6-21-45)64-35-18-17-30-57(64)58-37-36-49(44-65(58)68)66-59-31-13-15-33-61(59)67(62-34-16-14-32-60(62)66)63-39-38-54(55-28-11-12-29-56(55)63)52-41-50(46-22-7-3-8-23-46)40-51(42-52)47-24-9-4-10-25-47/h2-44H,1H3. The molecule has 0 saturated carbocycles. The molecule has 68 heavy (non-hydrogen) atoms. The minimum absolute atomic E-state index is 0.360. The predicted octanol–water partition coefficient (Wildman–Crippen LogP) is 18.5. The highest BCUT2D eigenvalue weighted by molar-refractivity contribution is 6.24. The van der Waals surface area contributed by atoms with E-state index in [0.717, 1.165) is 0 Å². The molecule has 0 saturated heterocycles. The summed E-state index contributed by atoms with van der Waals surface area (Å²) < 4.78 is 0. The Balaban J connectivity index is 1.01. The van der Waals surface area contributed by atoms with Crippen LogP contribution in [0.1, 0.15) is 23.6 Å². The first kappa shape index (κ1) is 39.8. The maximum absolute atomic E-state index is 2.51. The molecule has 0 heteroatoms. The van der Waals surface area contributed by atoms with E-state index in [1.165, 1.54) is 127 Å². The summed E-state index contributed by atoms with van der Waals surface area (Å²) in [6.07, 6.45) is 0.